The Kier molecular flexibility index (Phi) is 5.09. The summed E-state index contributed by atoms with van der Waals surface area (Å²) in [6, 6.07) is 3.05. The number of nitrogens with zero attached hydrogens (tertiary/aromatic N) is 3. The lowest BCUT2D eigenvalue weighted by Crippen LogP contribution is -2.25. The molecule has 1 N–H and O–H groups in total. The fourth-order valence-electron chi connectivity index (χ4n) is 1.61. The normalized spacial score (nSPS) is 11.1. The highest BCUT2D eigenvalue weighted by Gasteiger charge is 2.29. The Balaban J connectivity index is 2.00. The molecule has 0 saturated carbocycles. The number of pyridine rings is 1. The number of alkyl halides is 3. The first-order chi connectivity index (χ1) is 10.8. The Morgan fingerprint density at radius 3 is 2.70 bits per heavy atom. The van der Waals surface area contributed by atoms with Gasteiger partial charge in [0.2, 0.25) is 5.88 Å². The van der Waals surface area contributed by atoms with E-state index in [4.69, 9.17) is 0 Å². The van der Waals surface area contributed by atoms with Gasteiger partial charge in [0.05, 0.1) is 11.9 Å². The molecule has 2 aromatic heterocycles. The van der Waals surface area contributed by atoms with Crippen molar-refractivity contribution in [2.75, 3.05) is 6.61 Å². The maximum absolute atomic E-state index is 12.2. The van der Waals surface area contributed by atoms with Gasteiger partial charge >= 0.3 is 6.18 Å². The van der Waals surface area contributed by atoms with E-state index in [9.17, 15) is 18.0 Å². The standard InChI is InChI=1S/C14H13F3N4O2/c1-9-5-20-11(7-19-9)12(22)21-6-10-3-2-4-18-13(10)23-8-14(15,16)17/h2-5,7H,6,8H2,1H3,(H,21,22). The van der Waals surface area contributed by atoms with Crippen molar-refractivity contribution in [3.8, 4) is 5.88 Å². The van der Waals surface area contributed by atoms with Crippen LogP contribution in [0.3, 0.4) is 0 Å². The number of amides is 1. The molecular weight excluding hydrogens is 313 g/mol. The minimum absolute atomic E-state index is 0.0462. The molecule has 0 aliphatic rings. The average molecular weight is 326 g/mol. The van der Waals surface area contributed by atoms with E-state index in [1.165, 1.54) is 30.7 Å². The number of carbonyl (C=O) groups is 1. The van der Waals surface area contributed by atoms with Crippen LogP contribution in [0.15, 0.2) is 30.7 Å². The molecule has 0 saturated heterocycles. The van der Waals surface area contributed by atoms with Crippen molar-refractivity contribution in [2.45, 2.75) is 19.6 Å². The van der Waals surface area contributed by atoms with Gasteiger partial charge < -0.3 is 10.1 Å². The highest BCUT2D eigenvalue weighted by atomic mass is 19.4. The molecule has 0 bridgehead atoms. The minimum atomic E-state index is -4.46. The molecule has 2 heterocycles. The predicted octanol–water partition coefficient (Wildman–Crippen LogP) is 2.05. The van der Waals surface area contributed by atoms with Crippen LogP contribution in [0.2, 0.25) is 0 Å². The van der Waals surface area contributed by atoms with Gasteiger partial charge in [-0.3, -0.25) is 9.78 Å². The monoisotopic (exact) mass is 326 g/mol. The largest absolute Gasteiger partial charge is 0.468 e. The molecule has 2 aromatic rings. The summed E-state index contributed by atoms with van der Waals surface area (Å²) in [6.45, 7) is 0.235. The van der Waals surface area contributed by atoms with Crippen molar-refractivity contribution >= 4 is 5.91 Å². The maximum Gasteiger partial charge on any atom is 0.422 e. The molecule has 0 fully saturated rings. The van der Waals surface area contributed by atoms with Crippen LogP contribution in [0.25, 0.3) is 0 Å². The number of hydrogen-bond acceptors (Lipinski definition) is 5. The van der Waals surface area contributed by atoms with Gasteiger partial charge in [-0.1, -0.05) is 6.07 Å². The number of rotatable bonds is 5. The van der Waals surface area contributed by atoms with Crippen molar-refractivity contribution in [3.05, 3.63) is 47.7 Å². The van der Waals surface area contributed by atoms with E-state index >= 15 is 0 Å². The molecule has 0 radical (unpaired) electrons. The van der Waals surface area contributed by atoms with Crippen LogP contribution in [0.4, 0.5) is 13.2 Å². The Morgan fingerprint density at radius 1 is 1.26 bits per heavy atom. The molecule has 0 atom stereocenters. The van der Waals surface area contributed by atoms with E-state index in [2.05, 4.69) is 25.0 Å². The van der Waals surface area contributed by atoms with E-state index < -0.39 is 18.7 Å². The molecule has 9 heteroatoms. The fourth-order valence-corrected chi connectivity index (χ4v) is 1.61. The second-order valence-corrected chi connectivity index (χ2v) is 4.60. The third-order valence-electron chi connectivity index (χ3n) is 2.68. The van der Waals surface area contributed by atoms with Gasteiger partial charge in [0.15, 0.2) is 6.61 Å². The van der Waals surface area contributed by atoms with E-state index in [1.54, 1.807) is 6.92 Å². The lowest BCUT2D eigenvalue weighted by atomic mass is 10.2. The molecule has 0 aromatic carbocycles. The number of halogens is 3. The molecule has 23 heavy (non-hydrogen) atoms. The number of aryl methyl sites for hydroxylation is 1. The van der Waals surface area contributed by atoms with Crippen molar-refractivity contribution in [3.63, 3.8) is 0 Å². The third kappa shape index (κ3) is 5.20. The van der Waals surface area contributed by atoms with Crippen molar-refractivity contribution in [1.82, 2.24) is 20.3 Å². The minimum Gasteiger partial charge on any atom is -0.468 e. The summed E-state index contributed by atoms with van der Waals surface area (Å²) in [5.74, 6) is -0.678. The summed E-state index contributed by atoms with van der Waals surface area (Å²) in [5, 5.41) is 2.53. The molecule has 0 unspecified atom stereocenters. The van der Waals surface area contributed by atoms with Gasteiger partial charge in [0.1, 0.15) is 5.69 Å². The van der Waals surface area contributed by atoms with Crippen LogP contribution in [-0.2, 0) is 6.54 Å². The first kappa shape index (κ1) is 16.7. The Labute approximate surface area is 129 Å². The van der Waals surface area contributed by atoms with Crippen molar-refractivity contribution in [1.29, 1.82) is 0 Å². The quantitative estimate of drug-likeness (QED) is 0.910. The van der Waals surface area contributed by atoms with Gasteiger partial charge in [-0.15, -0.1) is 0 Å². The lowest BCUT2D eigenvalue weighted by molar-refractivity contribution is -0.154. The SMILES string of the molecule is Cc1cnc(C(=O)NCc2cccnc2OCC(F)(F)F)cn1. The number of carbonyl (C=O) groups excluding carboxylic acids is 1. The van der Waals surface area contributed by atoms with Gasteiger partial charge in [0.25, 0.3) is 5.91 Å². The molecule has 0 aliphatic carbocycles. The molecule has 2 rings (SSSR count). The Bertz CT molecular complexity index is 674. The van der Waals surface area contributed by atoms with Gasteiger partial charge in [-0.2, -0.15) is 13.2 Å². The third-order valence-corrected chi connectivity index (χ3v) is 2.68. The lowest BCUT2D eigenvalue weighted by Gasteiger charge is -2.12. The smallest absolute Gasteiger partial charge is 0.422 e. The number of aromatic nitrogens is 3. The van der Waals surface area contributed by atoms with Crippen LogP contribution >= 0.6 is 0 Å². The predicted molar refractivity (Wildman–Crippen MR) is 73.7 cm³/mol. The van der Waals surface area contributed by atoms with Crippen LogP contribution in [0, 0.1) is 6.92 Å². The highest BCUT2D eigenvalue weighted by Crippen LogP contribution is 2.19. The van der Waals surface area contributed by atoms with Crippen LogP contribution in [-0.4, -0.2) is 33.6 Å². The molecule has 0 spiro atoms. The molecule has 1 amide bonds. The number of nitrogens with one attached hydrogen (secondary N) is 1. The number of hydrogen-bond donors (Lipinski definition) is 1. The average Bonchev–Trinajstić information content (AvgIpc) is 2.51. The van der Waals surface area contributed by atoms with Crippen LogP contribution in [0.5, 0.6) is 5.88 Å². The zero-order chi connectivity index (χ0) is 16.9. The van der Waals surface area contributed by atoms with Crippen LogP contribution in [0.1, 0.15) is 21.7 Å². The molecular formula is C14H13F3N4O2. The molecule has 122 valence electrons. The van der Waals surface area contributed by atoms with Crippen molar-refractivity contribution in [2.24, 2.45) is 0 Å². The summed E-state index contributed by atoms with van der Waals surface area (Å²) >= 11 is 0. The van der Waals surface area contributed by atoms with E-state index in [-0.39, 0.29) is 18.1 Å². The second-order valence-electron chi connectivity index (χ2n) is 4.60. The summed E-state index contributed by atoms with van der Waals surface area (Å²) in [5.41, 5.74) is 1.10. The number of ether oxygens (including phenoxy) is 1. The second kappa shape index (κ2) is 7.03. The Hall–Kier alpha value is -2.71. The summed E-state index contributed by atoms with van der Waals surface area (Å²) in [7, 11) is 0. The highest BCUT2D eigenvalue weighted by molar-refractivity contribution is 5.91. The van der Waals surface area contributed by atoms with Crippen LogP contribution < -0.4 is 10.1 Å². The summed E-state index contributed by atoms with van der Waals surface area (Å²) < 4.78 is 41.2. The van der Waals surface area contributed by atoms with Gasteiger partial charge in [0, 0.05) is 24.5 Å². The van der Waals surface area contributed by atoms with Gasteiger partial charge in [-0.25, -0.2) is 9.97 Å². The maximum atomic E-state index is 12.2. The first-order valence-electron chi connectivity index (χ1n) is 6.55. The van der Waals surface area contributed by atoms with E-state index in [1.807, 2.05) is 0 Å². The zero-order valence-corrected chi connectivity index (χ0v) is 12.1. The Morgan fingerprint density at radius 2 is 2.04 bits per heavy atom. The topological polar surface area (TPSA) is 77.0 Å². The van der Waals surface area contributed by atoms with Crippen molar-refractivity contribution < 1.29 is 22.7 Å². The van der Waals surface area contributed by atoms with E-state index in [0.717, 1.165) is 0 Å². The molecule has 0 aliphatic heterocycles. The first-order valence-corrected chi connectivity index (χ1v) is 6.55. The fraction of sp³-hybridized carbons (Fsp3) is 0.286. The summed E-state index contributed by atoms with van der Waals surface area (Å²) in [6.07, 6.45) is -0.399. The van der Waals surface area contributed by atoms with E-state index in [0.29, 0.717) is 11.3 Å². The summed E-state index contributed by atoms with van der Waals surface area (Å²) in [4.78, 5) is 23.5. The molecule has 6 nitrogen and oxygen atoms in total. The van der Waals surface area contributed by atoms with Gasteiger partial charge in [-0.05, 0) is 13.0 Å². The zero-order valence-electron chi connectivity index (χ0n) is 12.1.